The second kappa shape index (κ2) is 6.62. The Morgan fingerprint density at radius 3 is 2.72 bits per heavy atom. The Morgan fingerprint density at radius 1 is 1.39 bits per heavy atom. The summed E-state index contributed by atoms with van der Waals surface area (Å²) in [6.07, 6.45) is 1.58. The van der Waals surface area contributed by atoms with Gasteiger partial charge in [-0.15, -0.1) is 12.4 Å². The molecule has 1 unspecified atom stereocenters. The fourth-order valence-electron chi connectivity index (χ4n) is 2.24. The molecular weight excluding hydrogens is 296 g/mol. The van der Waals surface area contributed by atoms with Gasteiger partial charge >= 0.3 is 5.97 Å². The maximum atomic E-state index is 11.0. The van der Waals surface area contributed by atoms with E-state index in [4.69, 9.17) is 28.3 Å². The third-order valence-corrected chi connectivity index (χ3v) is 3.84. The summed E-state index contributed by atoms with van der Waals surface area (Å²) >= 11 is 11.8. The minimum absolute atomic E-state index is 0. The van der Waals surface area contributed by atoms with Crippen molar-refractivity contribution in [1.82, 2.24) is 5.32 Å². The quantitative estimate of drug-likeness (QED) is 0.902. The molecule has 3 nitrogen and oxygen atoms in total. The summed E-state index contributed by atoms with van der Waals surface area (Å²) in [6.45, 7) is 0.753. The van der Waals surface area contributed by atoms with Gasteiger partial charge in [0.15, 0.2) is 0 Å². The lowest BCUT2D eigenvalue weighted by atomic mass is 9.93. The van der Waals surface area contributed by atoms with Gasteiger partial charge in [-0.25, -0.2) is 0 Å². The van der Waals surface area contributed by atoms with Gasteiger partial charge in [0.25, 0.3) is 0 Å². The van der Waals surface area contributed by atoms with E-state index in [9.17, 15) is 4.79 Å². The number of rotatable bonds is 3. The molecule has 6 heteroatoms. The predicted octanol–water partition coefficient (Wildman–Crippen LogP) is 3.02. The number of carbonyl (C=O) groups is 1. The Kier molecular flexibility index (Phi) is 5.73. The van der Waals surface area contributed by atoms with E-state index in [1.807, 2.05) is 6.07 Å². The largest absolute Gasteiger partial charge is 0.480 e. The monoisotopic (exact) mass is 309 g/mol. The van der Waals surface area contributed by atoms with Crippen LogP contribution < -0.4 is 5.32 Å². The van der Waals surface area contributed by atoms with Gasteiger partial charge in [0.1, 0.15) is 6.04 Å². The van der Waals surface area contributed by atoms with Crippen LogP contribution in [0.5, 0.6) is 0 Å². The van der Waals surface area contributed by atoms with Crippen molar-refractivity contribution in [3.05, 3.63) is 33.8 Å². The maximum Gasteiger partial charge on any atom is 0.320 e. The molecule has 2 rings (SSSR count). The van der Waals surface area contributed by atoms with Gasteiger partial charge in [-0.3, -0.25) is 4.79 Å². The second-order valence-electron chi connectivity index (χ2n) is 4.27. The zero-order valence-corrected chi connectivity index (χ0v) is 11.9. The van der Waals surface area contributed by atoms with Crippen LogP contribution in [-0.4, -0.2) is 23.7 Å². The highest BCUT2D eigenvalue weighted by Crippen LogP contribution is 2.26. The number of benzene rings is 1. The van der Waals surface area contributed by atoms with Crippen LogP contribution in [0.25, 0.3) is 0 Å². The summed E-state index contributed by atoms with van der Waals surface area (Å²) < 4.78 is 0. The molecule has 1 fully saturated rings. The molecule has 0 aliphatic carbocycles. The van der Waals surface area contributed by atoms with Crippen molar-refractivity contribution in [2.24, 2.45) is 5.92 Å². The Hall–Kier alpha value is -0.480. The number of carboxylic acids is 1. The van der Waals surface area contributed by atoms with Gasteiger partial charge in [0, 0.05) is 0 Å². The molecule has 0 amide bonds. The van der Waals surface area contributed by atoms with Crippen LogP contribution in [0.2, 0.25) is 10.0 Å². The predicted molar refractivity (Wildman–Crippen MR) is 74.9 cm³/mol. The van der Waals surface area contributed by atoms with Gasteiger partial charge in [-0.1, -0.05) is 29.3 Å². The van der Waals surface area contributed by atoms with Gasteiger partial charge in [0.05, 0.1) is 10.0 Å². The third kappa shape index (κ3) is 3.51. The zero-order chi connectivity index (χ0) is 12.4. The van der Waals surface area contributed by atoms with Crippen molar-refractivity contribution in [3.8, 4) is 0 Å². The molecule has 100 valence electrons. The highest BCUT2D eigenvalue weighted by molar-refractivity contribution is 6.42. The summed E-state index contributed by atoms with van der Waals surface area (Å²) in [4.78, 5) is 11.0. The Bertz CT molecular complexity index is 439. The first-order valence-corrected chi connectivity index (χ1v) is 6.23. The van der Waals surface area contributed by atoms with Gasteiger partial charge in [-0.05, 0) is 43.0 Å². The minimum Gasteiger partial charge on any atom is -0.480 e. The summed E-state index contributed by atoms with van der Waals surface area (Å²) in [7, 11) is 0. The molecule has 1 aliphatic heterocycles. The molecular formula is C12H14Cl3NO2. The van der Waals surface area contributed by atoms with Crippen LogP contribution in [0.15, 0.2) is 18.2 Å². The van der Waals surface area contributed by atoms with Gasteiger partial charge in [-0.2, -0.15) is 0 Å². The third-order valence-electron chi connectivity index (χ3n) is 3.10. The molecule has 0 radical (unpaired) electrons. The lowest BCUT2D eigenvalue weighted by molar-refractivity contribution is -0.140. The van der Waals surface area contributed by atoms with Crippen molar-refractivity contribution in [2.75, 3.05) is 6.54 Å². The van der Waals surface area contributed by atoms with E-state index in [0.29, 0.717) is 16.5 Å². The highest BCUT2D eigenvalue weighted by Gasteiger charge is 2.32. The maximum absolute atomic E-state index is 11.0. The van der Waals surface area contributed by atoms with E-state index in [1.165, 1.54) is 0 Å². The van der Waals surface area contributed by atoms with Crippen molar-refractivity contribution in [2.45, 2.75) is 18.9 Å². The SMILES string of the molecule is Cl.O=C(O)[C@H]1NCCC1Cc1ccc(Cl)c(Cl)c1. The summed E-state index contributed by atoms with van der Waals surface area (Å²) in [6, 6.07) is 4.99. The Morgan fingerprint density at radius 2 is 2.11 bits per heavy atom. The van der Waals surface area contributed by atoms with E-state index in [1.54, 1.807) is 12.1 Å². The first kappa shape index (κ1) is 15.6. The highest BCUT2D eigenvalue weighted by atomic mass is 35.5. The second-order valence-corrected chi connectivity index (χ2v) is 5.09. The smallest absolute Gasteiger partial charge is 0.320 e. The van der Waals surface area contributed by atoms with Crippen LogP contribution in [0.4, 0.5) is 0 Å². The van der Waals surface area contributed by atoms with E-state index in [-0.39, 0.29) is 18.3 Å². The number of carboxylic acid groups (broad SMARTS) is 1. The molecule has 1 saturated heterocycles. The standard InChI is InChI=1S/C12H13Cl2NO2.ClH/c13-9-2-1-7(6-10(9)14)5-8-3-4-15-11(8)12(16)17;/h1-2,6,8,11,15H,3-5H2,(H,16,17);1H/t8?,11-;/m0./s1. The van der Waals surface area contributed by atoms with Crippen molar-refractivity contribution in [3.63, 3.8) is 0 Å². The summed E-state index contributed by atoms with van der Waals surface area (Å²) in [5.74, 6) is -0.669. The number of hydrogen-bond acceptors (Lipinski definition) is 2. The molecule has 18 heavy (non-hydrogen) atoms. The summed E-state index contributed by atoms with van der Waals surface area (Å²) in [5.41, 5.74) is 1.03. The van der Waals surface area contributed by atoms with Crippen LogP contribution in [0.3, 0.4) is 0 Å². The Labute approximate surface area is 122 Å². The van der Waals surface area contributed by atoms with E-state index in [0.717, 1.165) is 18.5 Å². The van der Waals surface area contributed by atoms with E-state index in [2.05, 4.69) is 5.32 Å². The molecule has 0 saturated carbocycles. The average Bonchev–Trinajstić information content (AvgIpc) is 2.72. The first-order valence-electron chi connectivity index (χ1n) is 5.48. The van der Waals surface area contributed by atoms with Crippen LogP contribution in [0, 0.1) is 5.92 Å². The first-order chi connectivity index (χ1) is 8.08. The van der Waals surface area contributed by atoms with Gasteiger partial charge in [0.2, 0.25) is 0 Å². The van der Waals surface area contributed by atoms with Crippen LogP contribution in [0.1, 0.15) is 12.0 Å². The molecule has 1 aromatic carbocycles. The fraction of sp³-hybridized carbons (Fsp3) is 0.417. The van der Waals surface area contributed by atoms with E-state index >= 15 is 0 Å². The summed E-state index contributed by atoms with van der Waals surface area (Å²) in [5, 5.41) is 13.1. The topological polar surface area (TPSA) is 49.3 Å². The van der Waals surface area contributed by atoms with Crippen molar-refractivity contribution < 1.29 is 9.90 Å². The number of halogens is 3. The molecule has 2 N–H and O–H groups in total. The lowest BCUT2D eigenvalue weighted by Gasteiger charge is -2.15. The van der Waals surface area contributed by atoms with Crippen LogP contribution >= 0.6 is 35.6 Å². The molecule has 0 spiro atoms. The minimum atomic E-state index is -0.785. The number of hydrogen-bond donors (Lipinski definition) is 2. The molecule has 0 aromatic heterocycles. The zero-order valence-electron chi connectivity index (χ0n) is 9.53. The normalized spacial score (nSPS) is 22.6. The van der Waals surface area contributed by atoms with E-state index < -0.39 is 12.0 Å². The van der Waals surface area contributed by atoms with Crippen LogP contribution in [-0.2, 0) is 11.2 Å². The number of aliphatic carboxylic acids is 1. The molecule has 0 bridgehead atoms. The van der Waals surface area contributed by atoms with Crippen molar-refractivity contribution in [1.29, 1.82) is 0 Å². The van der Waals surface area contributed by atoms with Crippen molar-refractivity contribution >= 4 is 41.6 Å². The Balaban J connectivity index is 0.00000162. The molecule has 2 atom stereocenters. The lowest BCUT2D eigenvalue weighted by Crippen LogP contribution is -2.36. The average molecular weight is 311 g/mol. The fourth-order valence-corrected chi connectivity index (χ4v) is 2.56. The number of nitrogens with one attached hydrogen (secondary N) is 1. The molecule has 1 aliphatic rings. The molecule has 1 heterocycles. The van der Waals surface area contributed by atoms with Gasteiger partial charge < -0.3 is 10.4 Å². The molecule has 1 aromatic rings.